The second-order valence-electron chi connectivity index (χ2n) is 7.68. The molecule has 152 valence electrons. The molecular formula is C21H29N3O3S. The van der Waals surface area contributed by atoms with Gasteiger partial charge >= 0.3 is 5.97 Å². The minimum Gasteiger partial charge on any atom is -0.469 e. The summed E-state index contributed by atoms with van der Waals surface area (Å²) in [6.07, 6.45) is 2.43. The Morgan fingerprint density at radius 3 is 2.64 bits per heavy atom. The van der Waals surface area contributed by atoms with Crippen LogP contribution in [0.15, 0.2) is 29.4 Å². The number of piperidine rings is 1. The van der Waals surface area contributed by atoms with Crippen molar-refractivity contribution in [2.75, 3.05) is 26.0 Å². The summed E-state index contributed by atoms with van der Waals surface area (Å²) in [6, 6.07) is 8.13. The van der Waals surface area contributed by atoms with Gasteiger partial charge in [0.15, 0.2) is 5.16 Å². The van der Waals surface area contributed by atoms with Crippen LogP contribution in [0.25, 0.3) is 11.0 Å². The number of aromatic nitrogens is 2. The molecular weight excluding hydrogens is 374 g/mol. The van der Waals surface area contributed by atoms with Crippen LogP contribution in [-0.2, 0) is 20.9 Å². The first-order chi connectivity index (χ1) is 13.5. The number of thioether (sulfide) groups is 1. The third kappa shape index (κ3) is 4.87. The summed E-state index contributed by atoms with van der Waals surface area (Å²) in [6.45, 7) is 6.56. The highest BCUT2D eigenvalue weighted by molar-refractivity contribution is 7.99. The number of benzene rings is 1. The maximum atomic E-state index is 12.7. The lowest BCUT2D eigenvalue weighted by Gasteiger charge is -2.30. The van der Waals surface area contributed by atoms with Crippen LogP contribution < -0.4 is 0 Å². The number of para-hydroxylation sites is 2. The minimum absolute atomic E-state index is 0.0815. The summed E-state index contributed by atoms with van der Waals surface area (Å²) in [7, 11) is 1.42. The Balaban J connectivity index is 1.62. The largest absolute Gasteiger partial charge is 0.469 e. The Kier molecular flexibility index (Phi) is 6.99. The molecule has 0 N–H and O–H groups in total. The van der Waals surface area contributed by atoms with Crippen LogP contribution in [-0.4, -0.2) is 52.3 Å². The molecule has 0 aliphatic carbocycles. The Labute approximate surface area is 170 Å². The molecule has 0 saturated carbocycles. The highest BCUT2D eigenvalue weighted by atomic mass is 32.2. The van der Waals surface area contributed by atoms with Gasteiger partial charge < -0.3 is 14.2 Å². The molecule has 1 saturated heterocycles. The Morgan fingerprint density at radius 1 is 1.25 bits per heavy atom. The first-order valence-electron chi connectivity index (χ1n) is 9.93. The molecule has 3 rings (SSSR count). The number of carbonyl (C=O) groups is 2. The van der Waals surface area contributed by atoms with Crippen molar-refractivity contribution < 1.29 is 14.3 Å². The lowest BCUT2D eigenvalue weighted by atomic mass is 9.97. The number of fused-ring (bicyclic) bond motifs is 1. The van der Waals surface area contributed by atoms with E-state index in [4.69, 9.17) is 9.72 Å². The minimum atomic E-state index is -0.166. The monoisotopic (exact) mass is 403 g/mol. The number of amides is 1. The van der Waals surface area contributed by atoms with E-state index in [9.17, 15) is 9.59 Å². The van der Waals surface area contributed by atoms with E-state index in [0.717, 1.165) is 29.2 Å². The van der Waals surface area contributed by atoms with E-state index in [1.54, 1.807) is 0 Å². The molecule has 7 heteroatoms. The van der Waals surface area contributed by atoms with Gasteiger partial charge in [0.25, 0.3) is 0 Å². The lowest BCUT2D eigenvalue weighted by molar-refractivity contribution is -0.148. The fourth-order valence-electron chi connectivity index (χ4n) is 3.52. The topological polar surface area (TPSA) is 64.4 Å². The highest BCUT2D eigenvalue weighted by Crippen LogP contribution is 2.26. The maximum absolute atomic E-state index is 12.7. The molecule has 0 unspecified atom stereocenters. The van der Waals surface area contributed by atoms with Crippen LogP contribution in [0, 0.1) is 11.8 Å². The van der Waals surface area contributed by atoms with Crippen LogP contribution in [0.3, 0.4) is 0 Å². The van der Waals surface area contributed by atoms with Gasteiger partial charge in [0, 0.05) is 19.6 Å². The van der Waals surface area contributed by atoms with E-state index in [2.05, 4.69) is 24.5 Å². The summed E-state index contributed by atoms with van der Waals surface area (Å²) >= 11 is 1.51. The molecule has 0 radical (unpaired) electrons. The number of methoxy groups -OCH3 is 1. The van der Waals surface area contributed by atoms with Crippen molar-refractivity contribution in [3.8, 4) is 0 Å². The van der Waals surface area contributed by atoms with Crippen molar-refractivity contribution in [3.05, 3.63) is 24.3 Å². The average Bonchev–Trinajstić information content (AvgIpc) is 3.07. The second-order valence-corrected chi connectivity index (χ2v) is 8.63. The predicted octanol–water partition coefficient (Wildman–Crippen LogP) is 3.59. The molecule has 2 aromatic rings. The average molecular weight is 404 g/mol. The third-order valence-corrected chi connectivity index (χ3v) is 6.22. The van der Waals surface area contributed by atoms with Crippen molar-refractivity contribution >= 4 is 34.7 Å². The van der Waals surface area contributed by atoms with Gasteiger partial charge in [-0.1, -0.05) is 37.7 Å². The molecule has 1 aliphatic heterocycles. The zero-order valence-electron chi connectivity index (χ0n) is 16.9. The summed E-state index contributed by atoms with van der Waals surface area (Å²) in [5.41, 5.74) is 2.09. The number of imidazole rings is 1. The van der Waals surface area contributed by atoms with Crippen molar-refractivity contribution in [2.45, 2.75) is 44.8 Å². The number of esters is 1. The number of hydrogen-bond donors (Lipinski definition) is 0. The second kappa shape index (κ2) is 9.45. The first-order valence-corrected chi connectivity index (χ1v) is 10.9. The molecule has 2 heterocycles. The van der Waals surface area contributed by atoms with E-state index < -0.39 is 0 Å². The zero-order chi connectivity index (χ0) is 20.1. The SMILES string of the molecule is COC(=O)C1CCN(C(=O)CSc2nc3ccccc3n2CCC(C)C)CC1. The fourth-order valence-corrected chi connectivity index (χ4v) is 4.46. The highest BCUT2D eigenvalue weighted by Gasteiger charge is 2.28. The van der Waals surface area contributed by atoms with Gasteiger partial charge in [-0.2, -0.15) is 0 Å². The van der Waals surface area contributed by atoms with Crippen molar-refractivity contribution in [2.24, 2.45) is 11.8 Å². The maximum Gasteiger partial charge on any atom is 0.308 e. The van der Waals surface area contributed by atoms with Crippen LogP contribution >= 0.6 is 11.8 Å². The van der Waals surface area contributed by atoms with E-state index in [0.29, 0.717) is 37.6 Å². The van der Waals surface area contributed by atoms with E-state index in [1.807, 2.05) is 23.1 Å². The normalized spacial score (nSPS) is 15.4. The number of likely N-dealkylation sites (tertiary alicyclic amines) is 1. The number of rotatable bonds is 7. The predicted molar refractivity (Wildman–Crippen MR) is 111 cm³/mol. The van der Waals surface area contributed by atoms with Gasteiger partial charge in [0.05, 0.1) is 29.8 Å². The van der Waals surface area contributed by atoms with Crippen LogP contribution in [0.4, 0.5) is 0 Å². The van der Waals surface area contributed by atoms with Gasteiger partial charge in [-0.3, -0.25) is 9.59 Å². The smallest absolute Gasteiger partial charge is 0.308 e. The molecule has 1 aliphatic rings. The number of ether oxygens (including phenoxy) is 1. The van der Waals surface area contributed by atoms with Crippen molar-refractivity contribution in [1.29, 1.82) is 0 Å². The Hall–Kier alpha value is -2.02. The molecule has 6 nitrogen and oxygen atoms in total. The van der Waals surface area contributed by atoms with E-state index in [1.165, 1.54) is 18.9 Å². The van der Waals surface area contributed by atoms with Crippen LogP contribution in [0.1, 0.15) is 33.1 Å². The van der Waals surface area contributed by atoms with E-state index in [-0.39, 0.29) is 17.8 Å². The van der Waals surface area contributed by atoms with Crippen LogP contribution in [0.5, 0.6) is 0 Å². The molecule has 0 bridgehead atoms. The first kappa shape index (κ1) is 20.7. The van der Waals surface area contributed by atoms with Crippen LogP contribution in [0.2, 0.25) is 0 Å². The standard InChI is InChI=1S/C21H29N3O3S/c1-15(2)8-13-24-18-7-5-4-6-17(18)22-21(24)28-14-19(25)23-11-9-16(10-12-23)20(26)27-3/h4-7,15-16H,8-14H2,1-3H3. The molecule has 1 fully saturated rings. The van der Waals surface area contributed by atoms with Gasteiger partial charge in [0.1, 0.15) is 0 Å². The summed E-state index contributed by atoms with van der Waals surface area (Å²) in [4.78, 5) is 30.9. The number of hydrogen-bond acceptors (Lipinski definition) is 5. The Morgan fingerprint density at radius 2 is 1.96 bits per heavy atom. The Bertz CT molecular complexity index is 825. The summed E-state index contributed by atoms with van der Waals surface area (Å²) < 4.78 is 7.05. The van der Waals surface area contributed by atoms with Gasteiger partial charge in [-0.25, -0.2) is 4.98 Å². The molecule has 1 amide bonds. The molecule has 0 atom stereocenters. The third-order valence-electron chi connectivity index (χ3n) is 5.26. The lowest BCUT2D eigenvalue weighted by Crippen LogP contribution is -2.41. The molecule has 28 heavy (non-hydrogen) atoms. The number of aryl methyl sites for hydroxylation is 1. The zero-order valence-corrected chi connectivity index (χ0v) is 17.7. The van der Waals surface area contributed by atoms with Gasteiger partial charge in [0.2, 0.25) is 5.91 Å². The number of nitrogens with zero attached hydrogens (tertiary/aromatic N) is 3. The summed E-state index contributed by atoms with van der Waals surface area (Å²) in [5, 5.41) is 0.902. The molecule has 1 aromatic carbocycles. The molecule has 0 spiro atoms. The van der Waals surface area contributed by atoms with E-state index >= 15 is 0 Å². The van der Waals surface area contributed by atoms with Gasteiger partial charge in [-0.15, -0.1) is 0 Å². The van der Waals surface area contributed by atoms with Gasteiger partial charge in [-0.05, 0) is 37.3 Å². The summed E-state index contributed by atoms with van der Waals surface area (Å²) in [5.74, 6) is 0.836. The fraction of sp³-hybridized carbons (Fsp3) is 0.571. The molecule has 1 aromatic heterocycles. The van der Waals surface area contributed by atoms with Crippen molar-refractivity contribution in [3.63, 3.8) is 0 Å². The van der Waals surface area contributed by atoms with Crippen molar-refractivity contribution in [1.82, 2.24) is 14.5 Å². The number of carbonyl (C=O) groups excluding carboxylic acids is 2. The quantitative estimate of drug-likeness (QED) is 0.522.